The predicted octanol–water partition coefficient (Wildman–Crippen LogP) is 10.2. The Morgan fingerprint density at radius 1 is 0.891 bits per heavy atom. The highest BCUT2D eigenvalue weighted by molar-refractivity contribution is 6.03. The lowest BCUT2D eigenvalue weighted by Gasteiger charge is -2.60. The Bertz CT molecular complexity index is 2330. The van der Waals surface area contributed by atoms with Crippen LogP contribution in [0.25, 0.3) is 0 Å². The molecule has 4 aliphatic rings. The standard InChI is InChI=1S/C53H62N2O9/c1-5-24-55(52(58)39-19-22-47-48(30-39)60-34-59-47)49-32-45(54-62-33-37-14-8-7-9-15-37)43-29-38(16-10-12-25-56)42(17-11-13-26-57)50-44-31-41(63-40-20-18-35(3)36(4)28-40)21-23-46(44)64-53(49,51(43)50)61-27-6-2/h6-9,14-15,18-23,28-31,38,42,49-51,56-57H,2,5,10-13,16-17,24-27,32-34H2,1,3-4H3. The van der Waals surface area contributed by atoms with Gasteiger partial charge in [-0.2, -0.15) is 0 Å². The highest BCUT2D eigenvalue weighted by Gasteiger charge is 2.65. The van der Waals surface area contributed by atoms with Crippen molar-refractivity contribution in [2.45, 2.75) is 96.5 Å². The molecule has 1 saturated carbocycles. The van der Waals surface area contributed by atoms with Gasteiger partial charge in [0.25, 0.3) is 5.91 Å². The quantitative estimate of drug-likeness (QED) is 0.0507. The van der Waals surface area contributed by atoms with Crippen molar-refractivity contribution >= 4 is 11.6 Å². The van der Waals surface area contributed by atoms with E-state index in [1.165, 1.54) is 5.56 Å². The Hall–Kier alpha value is -5.62. The number of aliphatic hydroxyl groups excluding tert-OH is 2. The first-order valence-corrected chi connectivity index (χ1v) is 23.0. The highest BCUT2D eigenvalue weighted by atomic mass is 16.7. The number of aryl methyl sites for hydroxylation is 2. The van der Waals surface area contributed by atoms with Crippen LogP contribution < -0.4 is 18.9 Å². The summed E-state index contributed by atoms with van der Waals surface area (Å²) in [6, 6.07) is 26.8. The van der Waals surface area contributed by atoms with Gasteiger partial charge in [0.2, 0.25) is 12.6 Å². The number of fused-ring (bicyclic) bond motifs is 3. The van der Waals surface area contributed by atoms with Crippen LogP contribution in [0.2, 0.25) is 0 Å². The van der Waals surface area contributed by atoms with Crippen molar-refractivity contribution in [3.63, 3.8) is 0 Å². The van der Waals surface area contributed by atoms with Gasteiger partial charge in [0.05, 0.1) is 18.2 Å². The highest BCUT2D eigenvalue weighted by Crippen LogP contribution is 2.62. The summed E-state index contributed by atoms with van der Waals surface area (Å²) >= 11 is 0. The average Bonchev–Trinajstić information content (AvgIpc) is 3.79. The van der Waals surface area contributed by atoms with E-state index in [4.69, 9.17) is 33.7 Å². The monoisotopic (exact) mass is 870 g/mol. The SMILES string of the molecule is C=CCOC12Oc3ccc(Oc4ccc(C)c(C)c4)cc3C3C(CCCCO)C(CCCCO)C=C(C(=NOCc4ccccc4)CC1N(CCC)C(=O)c1ccc4c(c1)OCO4)C32. The van der Waals surface area contributed by atoms with Crippen LogP contribution in [-0.4, -0.2) is 71.7 Å². The number of nitrogens with zero attached hydrogens (tertiary/aromatic N) is 2. The summed E-state index contributed by atoms with van der Waals surface area (Å²) in [7, 11) is 0. The third-order valence-electron chi connectivity index (χ3n) is 13.3. The van der Waals surface area contributed by atoms with Gasteiger partial charge < -0.3 is 43.6 Å². The normalized spacial score (nSPS) is 23.4. The van der Waals surface area contributed by atoms with Crippen molar-refractivity contribution in [1.82, 2.24) is 4.90 Å². The Morgan fingerprint density at radius 2 is 1.64 bits per heavy atom. The van der Waals surface area contributed by atoms with Crippen molar-refractivity contribution in [3.05, 3.63) is 137 Å². The summed E-state index contributed by atoms with van der Waals surface area (Å²) in [6.07, 6.45) is 9.74. The topological polar surface area (TPSA) is 129 Å². The number of carbonyl (C=O) groups excluding carboxylic acids is 1. The number of unbranched alkanes of at least 4 members (excludes halogenated alkanes) is 2. The molecule has 11 nitrogen and oxygen atoms in total. The van der Waals surface area contributed by atoms with E-state index < -0.39 is 17.7 Å². The summed E-state index contributed by atoms with van der Waals surface area (Å²) in [5.74, 6) is 1.15. The number of rotatable bonds is 20. The summed E-state index contributed by atoms with van der Waals surface area (Å²) in [5, 5.41) is 25.0. The largest absolute Gasteiger partial charge is 0.459 e. The average molecular weight is 871 g/mol. The lowest BCUT2D eigenvalue weighted by Crippen LogP contribution is -2.70. The molecule has 0 aromatic heterocycles. The van der Waals surface area contributed by atoms with E-state index in [9.17, 15) is 10.2 Å². The van der Waals surface area contributed by atoms with Gasteiger partial charge in [-0.25, -0.2) is 0 Å². The number of hydrogen-bond acceptors (Lipinski definition) is 10. The number of ether oxygens (including phenoxy) is 5. The van der Waals surface area contributed by atoms with Gasteiger partial charge in [-0.05, 0) is 129 Å². The number of amides is 1. The van der Waals surface area contributed by atoms with Crippen LogP contribution in [-0.2, 0) is 16.2 Å². The Balaban J connectivity index is 1.33. The molecule has 2 aliphatic carbocycles. The molecule has 6 atom stereocenters. The van der Waals surface area contributed by atoms with Crippen molar-refractivity contribution in [3.8, 4) is 28.7 Å². The fraction of sp³-hybridized carbons (Fsp3) is 0.434. The molecule has 0 spiro atoms. The molecule has 4 aromatic carbocycles. The van der Waals surface area contributed by atoms with Gasteiger partial charge in [-0.1, -0.05) is 73.5 Å². The Labute approximate surface area is 377 Å². The number of benzene rings is 4. The fourth-order valence-electron chi connectivity index (χ4n) is 10.2. The molecule has 64 heavy (non-hydrogen) atoms. The van der Waals surface area contributed by atoms with Gasteiger partial charge in [0.15, 0.2) is 11.5 Å². The molecule has 0 radical (unpaired) electrons. The number of carbonyl (C=O) groups is 1. The van der Waals surface area contributed by atoms with E-state index in [1.807, 2.05) is 53.4 Å². The van der Waals surface area contributed by atoms with Crippen LogP contribution in [0.4, 0.5) is 0 Å². The minimum Gasteiger partial charge on any atom is -0.459 e. The van der Waals surface area contributed by atoms with Crippen LogP contribution in [0.3, 0.4) is 0 Å². The second-order valence-corrected chi connectivity index (χ2v) is 17.4. The van der Waals surface area contributed by atoms with Crippen molar-refractivity contribution < 1.29 is 43.5 Å². The second kappa shape index (κ2) is 20.5. The van der Waals surface area contributed by atoms with Crippen molar-refractivity contribution in [2.24, 2.45) is 22.9 Å². The molecule has 11 heteroatoms. The van der Waals surface area contributed by atoms with Gasteiger partial charge >= 0.3 is 0 Å². The van der Waals surface area contributed by atoms with Gasteiger partial charge in [0, 0.05) is 43.2 Å². The summed E-state index contributed by atoms with van der Waals surface area (Å²) in [5.41, 5.74) is 6.49. The minimum atomic E-state index is -1.39. The zero-order valence-electron chi connectivity index (χ0n) is 37.4. The molecule has 8 rings (SSSR count). The number of hydrogen-bond donors (Lipinski definition) is 2. The lowest BCUT2D eigenvalue weighted by molar-refractivity contribution is -0.254. The first kappa shape index (κ1) is 45.0. The molecule has 2 heterocycles. The molecule has 2 N–H and O–H groups in total. The smallest absolute Gasteiger partial charge is 0.254 e. The molecule has 4 aromatic rings. The minimum absolute atomic E-state index is 0.0691. The summed E-state index contributed by atoms with van der Waals surface area (Å²) in [4.78, 5) is 23.4. The molecule has 0 saturated heterocycles. The van der Waals surface area contributed by atoms with Crippen molar-refractivity contribution in [2.75, 3.05) is 33.2 Å². The van der Waals surface area contributed by atoms with E-state index in [0.29, 0.717) is 60.8 Å². The fourth-order valence-corrected chi connectivity index (χ4v) is 10.2. The first-order chi connectivity index (χ1) is 31.3. The summed E-state index contributed by atoms with van der Waals surface area (Å²) in [6.45, 7) is 11.5. The maximum atomic E-state index is 15.2. The Kier molecular flexibility index (Phi) is 14.4. The van der Waals surface area contributed by atoms with Gasteiger partial charge in [-0.3, -0.25) is 4.79 Å². The van der Waals surface area contributed by atoms with E-state index >= 15 is 4.79 Å². The number of oxime groups is 1. The second-order valence-electron chi connectivity index (χ2n) is 17.4. The molecular formula is C53H62N2O9. The van der Waals surface area contributed by atoms with Crippen LogP contribution in [0.15, 0.2) is 114 Å². The maximum absolute atomic E-state index is 15.2. The lowest BCUT2D eigenvalue weighted by atomic mass is 9.55. The first-order valence-electron chi connectivity index (χ1n) is 23.0. The molecule has 0 bridgehead atoms. The maximum Gasteiger partial charge on any atom is 0.254 e. The third-order valence-corrected chi connectivity index (χ3v) is 13.3. The van der Waals surface area contributed by atoms with E-state index in [0.717, 1.165) is 59.4 Å². The zero-order chi connectivity index (χ0) is 44.6. The summed E-state index contributed by atoms with van der Waals surface area (Å²) < 4.78 is 32.6. The molecule has 1 amide bonds. The van der Waals surface area contributed by atoms with Crippen molar-refractivity contribution in [1.29, 1.82) is 0 Å². The third kappa shape index (κ3) is 9.30. The van der Waals surface area contributed by atoms with Gasteiger partial charge in [0.1, 0.15) is 29.9 Å². The van der Waals surface area contributed by atoms with Gasteiger partial charge in [-0.15, -0.1) is 6.58 Å². The molecule has 2 aliphatic heterocycles. The number of allylic oxidation sites excluding steroid dienone is 1. The van der Waals surface area contributed by atoms with E-state index in [-0.39, 0.29) is 56.9 Å². The van der Waals surface area contributed by atoms with E-state index in [2.05, 4.69) is 51.6 Å². The molecule has 6 unspecified atom stereocenters. The molecule has 338 valence electrons. The Morgan fingerprint density at radius 3 is 2.41 bits per heavy atom. The van der Waals surface area contributed by atoms with Crippen LogP contribution in [0, 0.1) is 31.6 Å². The zero-order valence-corrected chi connectivity index (χ0v) is 37.4. The molecular weight excluding hydrogens is 809 g/mol. The predicted molar refractivity (Wildman–Crippen MR) is 246 cm³/mol. The van der Waals surface area contributed by atoms with E-state index in [1.54, 1.807) is 24.3 Å². The van der Waals surface area contributed by atoms with Crippen LogP contribution >= 0.6 is 0 Å². The van der Waals surface area contributed by atoms with Crippen LogP contribution in [0.5, 0.6) is 28.7 Å². The van der Waals surface area contributed by atoms with Crippen LogP contribution in [0.1, 0.15) is 96.8 Å². The molecule has 1 fully saturated rings. The number of aliphatic hydroxyl groups is 2.